The van der Waals surface area contributed by atoms with E-state index in [0.717, 1.165) is 16.0 Å². The molecule has 7 nitrogen and oxygen atoms in total. The molecule has 0 aromatic heterocycles. The summed E-state index contributed by atoms with van der Waals surface area (Å²) in [6.07, 6.45) is 0.385. The summed E-state index contributed by atoms with van der Waals surface area (Å²) in [6, 6.07) is 11.5. The summed E-state index contributed by atoms with van der Waals surface area (Å²) < 4.78 is 5.04. The van der Waals surface area contributed by atoms with E-state index >= 15 is 0 Å². The van der Waals surface area contributed by atoms with Crippen molar-refractivity contribution in [1.29, 1.82) is 0 Å². The van der Waals surface area contributed by atoms with Crippen LogP contribution in [0, 0.1) is 13.8 Å². The first kappa shape index (κ1) is 19.3. The van der Waals surface area contributed by atoms with Crippen LogP contribution in [0.2, 0.25) is 0 Å². The molecule has 28 heavy (non-hydrogen) atoms. The van der Waals surface area contributed by atoms with E-state index < -0.39 is 18.5 Å². The molecule has 0 saturated carbocycles. The number of carbonyl (C=O) groups excluding carboxylic acids is 4. The number of esters is 1. The third-order valence-electron chi connectivity index (χ3n) is 4.63. The zero-order valence-electron chi connectivity index (χ0n) is 15.7. The number of nitrogens with zero attached hydrogens (tertiary/aromatic N) is 1. The number of hydrogen-bond acceptors (Lipinski definition) is 5. The Morgan fingerprint density at radius 1 is 1.00 bits per heavy atom. The average Bonchev–Trinajstić information content (AvgIpc) is 3.02. The Bertz CT molecular complexity index is 934. The van der Waals surface area contributed by atoms with Crippen molar-refractivity contribution < 1.29 is 23.9 Å². The van der Waals surface area contributed by atoms with E-state index in [1.807, 2.05) is 26.0 Å². The lowest BCUT2D eigenvalue weighted by molar-refractivity contribution is -0.121. The predicted octanol–water partition coefficient (Wildman–Crippen LogP) is 2.75. The molecule has 2 aromatic carbocycles. The van der Waals surface area contributed by atoms with E-state index in [9.17, 15) is 19.2 Å². The zero-order chi connectivity index (χ0) is 20.3. The van der Waals surface area contributed by atoms with Crippen LogP contribution in [0.4, 0.5) is 11.4 Å². The SMILES string of the molecule is Cc1cccc(NC(=O)COC(=O)c2ccc(N3C(=O)CCC3=O)cc2)c1C. The number of amides is 3. The summed E-state index contributed by atoms with van der Waals surface area (Å²) in [6.45, 7) is 3.42. The van der Waals surface area contributed by atoms with Gasteiger partial charge in [0.05, 0.1) is 11.3 Å². The summed E-state index contributed by atoms with van der Waals surface area (Å²) in [7, 11) is 0. The minimum Gasteiger partial charge on any atom is -0.452 e. The number of hydrogen-bond donors (Lipinski definition) is 1. The summed E-state index contributed by atoms with van der Waals surface area (Å²) in [5.74, 6) is -1.62. The quantitative estimate of drug-likeness (QED) is 0.636. The van der Waals surface area contributed by atoms with Gasteiger partial charge in [0.15, 0.2) is 6.61 Å². The normalized spacial score (nSPS) is 13.6. The molecule has 1 aliphatic heterocycles. The Hall–Kier alpha value is -3.48. The molecular formula is C21H20N2O5. The van der Waals surface area contributed by atoms with E-state index in [2.05, 4.69) is 5.32 Å². The molecule has 0 unspecified atom stereocenters. The molecule has 1 saturated heterocycles. The number of carbonyl (C=O) groups is 4. The maximum Gasteiger partial charge on any atom is 0.338 e. The molecule has 1 aliphatic rings. The Kier molecular flexibility index (Phi) is 5.54. The lowest BCUT2D eigenvalue weighted by atomic mass is 10.1. The van der Waals surface area contributed by atoms with Gasteiger partial charge in [-0.2, -0.15) is 0 Å². The van der Waals surface area contributed by atoms with Crippen molar-refractivity contribution in [3.8, 4) is 0 Å². The largest absolute Gasteiger partial charge is 0.452 e. The van der Waals surface area contributed by atoms with Gasteiger partial charge in [0.25, 0.3) is 5.91 Å². The molecule has 144 valence electrons. The van der Waals surface area contributed by atoms with Gasteiger partial charge in [0.1, 0.15) is 0 Å². The van der Waals surface area contributed by atoms with Crippen LogP contribution in [0.3, 0.4) is 0 Å². The minimum atomic E-state index is -0.665. The first-order valence-electron chi connectivity index (χ1n) is 8.86. The minimum absolute atomic E-state index is 0.193. The second kappa shape index (κ2) is 8.04. The van der Waals surface area contributed by atoms with Crippen molar-refractivity contribution in [3.05, 3.63) is 59.2 Å². The molecule has 3 rings (SSSR count). The van der Waals surface area contributed by atoms with Crippen LogP contribution in [0.1, 0.15) is 34.3 Å². The average molecular weight is 380 g/mol. The molecule has 2 aromatic rings. The Labute approximate surface area is 162 Å². The smallest absolute Gasteiger partial charge is 0.338 e. The number of ether oxygens (including phenoxy) is 1. The van der Waals surface area contributed by atoms with Crippen molar-refractivity contribution in [2.45, 2.75) is 26.7 Å². The molecule has 0 bridgehead atoms. The highest BCUT2D eigenvalue weighted by atomic mass is 16.5. The van der Waals surface area contributed by atoms with E-state index in [0.29, 0.717) is 11.4 Å². The maximum atomic E-state index is 12.1. The van der Waals surface area contributed by atoms with Gasteiger partial charge in [-0.15, -0.1) is 0 Å². The van der Waals surface area contributed by atoms with Crippen molar-refractivity contribution in [3.63, 3.8) is 0 Å². The van der Waals surface area contributed by atoms with E-state index in [-0.39, 0.29) is 30.2 Å². The molecule has 7 heteroatoms. The summed E-state index contributed by atoms with van der Waals surface area (Å²) in [5, 5.41) is 2.72. The fourth-order valence-corrected chi connectivity index (χ4v) is 2.90. The van der Waals surface area contributed by atoms with Crippen molar-refractivity contribution in [2.24, 2.45) is 0 Å². The summed E-state index contributed by atoms with van der Waals surface area (Å²) in [5.41, 5.74) is 3.30. The van der Waals surface area contributed by atoms with Gasteiger partial charge in [0, 0.05) is 18.5 Å². The summed E-state index contributed by atoms with van der Waals surface area (Å²) >= 11 is 0. The number of benzene rings is 2. The number of rotatable bonds is 5. The zero-order valence-corrected chi connectivity index (χ0v) is 15.7. The predicted molar refractivity (Wildman–Crippen MR) is 103 cm³/mol. The first-order chi connectivity index (χ1) is 13.4. The van der Waals surface area contributed by atoms with Crippen LogP contribution in [-0.4, -0.2) is 30.3 Å². The monoisotopic (exact) mass is 380 g/mol. The Morgan fingerprint density at radius 3 is 2.29 bits per heavy atom. The van der Waals surface area contributed by atoms with Crippen molar-refractivity contribution >= 4 is 35.1 Å². The highest BCUT2D eigenvalue weighted by Gasteiger charge is 2.30. The fraction of sp³-hybridized carbons (Fsp3) is 0.238. The van der Waals surface area contributed by atoms with Crippen LogP contribution >= 0.6 is 0 Å². The first-order valence-corrected chi connectivity index (χ1v) is 8.86. The molecule has 0 aliphatic carbocycles. The van der Waals surface area contributed by atoms with Gasteiger partial charge >= 0.3 is 5.97 Å². The van der Waals surface area contributed by atoms with Gasteiger partial charge in [-0.25, -0.2) is 4.79 Å². The van der Waals surface area contributed by atoms with Crippen LogP contribution < -0.4 is 10.2 Å². The number of anilines is 2. The topological polar surface area (TPSA) is 92.8 Å². The molecule has 0 atom stereocenters. The highest BCUT2D eigenvalue weighted by Crippen LogP contribution is 2.23. The van der Waals surface area contributed by atoms with Crippen LogP contribution in [0.25, 0.3) is 0 Å². The molecular weight excluding hydrogens is 360 g/mol. The van der Waals surface area contributed by atoms with Gasteiger partial charge in [0.2, 0.25) is 11.8 Å². The molecule has 0 spiro atoms. The number of aryl methyl sites for hydroxylation is 1. The van der Waals surface area contributed by atoms with E-state index in [1.54, 1.807) is 6.07 Å². The van der Waals surface area contributed by atoms with Gasteiger partial charge < -0.3 is 10.1 Å². The molecule has 0 radical (unpaired) electrons. The Balaban J connectivity index is 1.57. The van der Waals surface area contributed by atoms with Gasteiger partial charge in [-0.3, -0.25) is 19.3 Å². The van der Waals surface area contributed by atoms with Gasteiger partial charge in [-0.05, 0) is 55.3 Å². The van der Waals surface area contributed by atoms with Crippen molar-refractivity contribution in [2.75, 3.05) is 16.8 Å². The van der Waals surface area contributed by atoms with Crippen molar-refractivity contribution in [1.82, 2.24) is 0 Å². The third kappa shape index (κ3) is 4.09. The fourth-order valence-electron chi connectivity index (χ4n) is 2.90. The van der Waals surface area contributed by atoms with E-state index in [1.165, 1.54) is 24.3 Å². The third-order valence-corrected chi connectivity index (χ3v) is 4.63. The van der Waals surface area contributed by atoms with E-state index in [4.69, 9.17) is 4.74 Å². The number of nitrogens with one attached hydrogen (secondary N) is 1. The van der Waals surface area contributed by atoms with Crippen LogP contribution in [0.5, 0.6) is 0 Å². The molecule has 1 fully saturated rings. The Morgan fingerprint density at radius 2 is 1.64 bits per heavy atom. The molecule has 1 heterocycles. The molecule has 3 amide bonds. The lowest BCUT2D eigenvalue weighted by Crippen LogP contribution is -2.28. The van der Waals surface area contributed by atoms with Crippen LogP contribution in [0.15, 0.2) is 42.5 Å². The molecule has 1 N–H and O–H groups in total. The number of imide groups is 1. The second-order valence-corrected chi connectivity index (χ2v) is 6.54. The lowest BCUT2D eigenvalue weighted by Gasteiger charge is -2.14. The van der Waals surface area contributed by atoms with Gasteiger partial charge in [-0.1, -0.05) is 12.1 Å². The highest BCUT2D eigenvalue weighted by molar-refractivity contribution is 6.19. The maximum absolute atomic E-state index is 12.1. The van der Waals surface area contributed by atoms with Crippen LogP contribution in [-0.2, 0) is 19.1 Å². The summed E-state index contributed by atoms with van der Waals surface area (Å²) in [4.78, 5) is 48.8. The standard InChI is InChI=1S/C21H20N2O5/c1-13-4-3-5-17(14(13)2)22-18(24)12-28-21(27)15-6-8-16(9-7-15)23-19(25)10-11-20(23)26/h3-9H,10-12H2,1-2H3,(H,22,24). The second-order valence-electron chi connectivity index (χ2n) is 6.54.